The highest BCUT2D eigenvalue weighted by Gasteiger charge is 2.04. The first-order valence-electron chi connectivity index (χ1n) is 5.99. The summed E-state index contributed by atoms with van der Waals surface area (Å²) in [6.45, 7) is 2.98. The summed E-state index contributed by atoms with van der Waals surface area (Å²) in [6.07, 6.45) is 1.04. The van der Waals surface area contributed by atoms with Crippen molar-refractivity contribution >= 4 is 39.5 Å². The van der Waals surface area contributed by atoms with E-state index < -0.39 is 0 Å². The monoisotopic (exact) mass is 338 g/mol. The van der Waals surface area contributed by atoms with Gasteiger partial charge in [0.2, 0.25) is 5.95 Å². The van der Waals surface area contributed by atoms with E-state index in [0.717, 1.165) is 33.2 Å². The smallest absolute Gasteiger partial charge is 0.223 e. The molecule has 0 unspecified atom stereocenters. The maximum atomic E-state index is 5.73. The van der Waals surface area contributed by atoms with Crippen LogP contribution in [0, 0.1) is 0 Å². The number of nitrogens with two attached hydrogens (primary N) is 1. The normalized spacial score (nSPS) is 10.4. The zero-order chi connectivity index (χ0) is 13.7. The molecule has 1 aromatic heterocycles. The van der Waals surface area contributed by atoms with E-state index in [0.29, 0.717) is 5.95 Å². The fourth-order valence-corrected chi connectivity index (χ4v) is 2.92. The molecule has 0 spiro atoms. The topological polar surface area (TPSA) is 63.8 Å². The van der Waals surface area contributed by atoms with Gasteiger partial charge in [-0.05, 0) is 24.6 Å². The number of benzene rings is 1. The van der Waals surface area contributed by atoms with E-state index in [4.69, 9.17) is 5.73 Å². The predicted octanol–water partition coefficient (Wildman–Crippen LogP) is 3.79. The molecule has 0 aliphatic heterocycles. The summed E-state index contributed by atoms with van der Waals surface area (Å²) >= 11 is 5.02. The maximum absolute atomic E-state index is 5.73. The van der Waals surface area contributed by atoms with Gasteiger partial charge in [0.1, 0.15) is 10.8 Å². The highest BCUT2D eigenvalue weighted by Crippen LogP contribution is 2.29. The van der Waals surface area contributed by atoms with Crippen LogP contribution in [0.2, 0.25) is 0 Å². The lowest BCUT2D eigenvalue weighted by Gasteiger charge is -2.07. The Bertz CT molecular complexity index is 562. The number of hydrogen-bond acceptors (Lipinski definition) is 5. The lowest BCUT2D eigenvalue weighted by molar-refractivity contribution is 0.957. The van der Waals surface area contributed by atoms with Gasteiger partial charge in [-0.1, -0.05) is 40.7 Å². The van der Waals surface area contributed by atoms with Crippen LogP contribution in [0.5, 0.6) is 0 Å². The summed E-state index contributed by atoms with van der Waals surface area (Å²) < 4.78 is 1.05. The van der Waals surface area contributed by atoms with Crippen molar-refractivity contribution in [3.8, 4) is 0 Å². The van der Waals surface area contributed by atoms with E-state index >= 15 is 0 Å². The van der Waals surface area contributed by atoms with Gasteiger partial charge in [0.15, 0.2) is 0 Å². The molecule has 19 heavy (non-hydrogen) atoms. The molecule has 0 bridgehead atoms. The van der Waals surface area contributed by atoms with Crippen molar-refractivity contribution in [3.05, 3.63) is 34.8 Å². The zero-order valence-corrected chi connectivity index (χ0v) is 13.0. The third-order valence-electron chi connectivity index (χ3n) is 2.29. The van der Waals surface area contributed by atoms with Gasteiger partial charge >= 0.3 is 0 Å². The van der Waals surface area contributed by atoms with Crippen molar-refractivity contribution in [2.45, 2.75) is 23.3 Å². The molecule has 2 rings (SSSR count). The van der Waals surface area contributed by atoms with Gasteiger partial charge in [0.25, 0.3) is 0 Å². The van der Waals surface area contributed by atoms with E-state index in [2.05, 4.69) is 38.1 Å². The second-order valence-electron chi connectivity index (χ2n) is 3.94. The van der Waals surface area contributed by atoms with Gasteiger partial charge in [0, 0.05) is 22.0 Å². The number of nitrogens with zero attached hydrogens (tertiary/aromatic N) is 2. The van der Waals surface area contributed by atoms with Crippen molar-refractivity contribution in [3.63, 3.8) is 0 Å². The first kappa shape index (κ1) is 14.1. The van der Waals surface area contributed by atoms with E-state index in [1.165, 1.54) is 0 Å². The fraction of sp³-hybridized carbons (Fsp3) is 0.231. The molecular formula is C13H15BrN4S. The highest BCUT2D eigenvalue weighted by atomic mass is 79.9. The standard InChI is InChI=1S/C13H15BrN4S/c1-2-6-16-11-8-12(18-13(15)17-11)19-10-5-3-4-9(14)7-10/h3-5,7-8H,2,6H2,1H3,(H3,15,16,17,18). The minimum atomic E-state index is 0.290. The van der Waals surface area contributed by atoms with Crippen LogP contribution < -0.4 is 11.1 Å². The summed E-state index contributed by atoms with van der Waals surface area (Å²) in [6, 6.07) is 9.98. The molecule has 0 amide bonds. The van der Waals surface area contributed by atoms with Crippen LogP contribution in [0.15, 0.2) is 44.7 Å². The molecule has 4 nitrogen and oxygen atoms in total. The largest absolute Gasteiger partial charge is 0.370 e. The zero-order valence-electron chi connectivity index (χ0n) is 10.6. The minimum absolute atomic E-state index is 0.290. The molecule has 2 aromatic rings. The molecule has 0 aliphatic rings. The first-order chi connectivity index (χ1) is 9.17. The second-order valence-corrected chi connectivity index (χ2v) is 5.95. The summed E-state index contributed by atoms with van der Waals surface area (Å²) in [7, 11) is 0. The van der Waals surface area contributed by atoms with Crippen LogP contribution in [0.3, 0.4) is 0 Å². The Hall–Kier alpha value is -1.27. The number of nitrogen functional groups attached to an aromatic ring is 1. The Balaban J connectivity index is 2.17. The van der Waals surface area contributed by atoms with E-state index in [1.807, 2.05) is 30.3 Å². The van der Waals surface area contributed by atoms with Crippen LogP contribution in [0.1, 0.15) is 13.3 Å². The van der Waals surface area contributed by atoms with E-state index in [-0.39, 0.29) is 0 Å². The van der Waals surface area contributed by atoms with Gasteiger partial charge in [-0.25, -0.2) is 4.98 Å². The fourth-order valence-electron chi connectivity index (χ4n) is 1.49. The average molecular weight is 339 g/mol. The molecule has 6 heteroatoms. The minimum Gasteiger partial charge on any atom is -0.370 e. The molecule has 0 saturated carbocycles. The number of anilines is 2. The second kappa shape index (κ2) is 6.77. The molecular weight excluding hydrogens is 324 g/mol. The Morgan fingerprint density at radius 2 is 2.16 bits per heavy atom. The number of hydrogen-bond donors (Lipinski definition) is 2. The van der Waals surface area contributed by atoms with Gasteiger partial charge in [-0.3, -0.25) is 0 Å². The van der Waals surface area contributed by atoms with Gasteiger partial charge in [0.05, 0.1) is 0 Å². The average Bonchev–Trinajstić information content (AvgIpc) is 2.35. The number of nitrogens with one attached hydrogen (secondary N) is 1. The molecule has 100 valence electrons. The number of halogens is 1. The number of aromatic nitrogens is 2. The lowest BCUT2D eigenvalue weighted by Crippen LogP contribution is -2.05. The Labute approximate surface area is 125 Å². The van der Waals surface area contributed by atoms with Crippen LogP contribution >= 0.6 is 27.7 Å². The number of rotatable bonds is 5. The van der Waals surface area contributed by atoms with Gasteiger partial charge in [-0.15, -0.1) is 0 Å². The van der Waals surface area contributed by atoms with Crippen molar-refractivity contribution in [1.82, 2.24) is 9.97 Å². The Morgan fingerprint density at radius 1 is 1.32 bits per heavy atom. The summed E-state index contributed by atoms with van der Waals surface area (Å²) in [5, 5.41) is 4.06. The van der Waals surface area contributed by atoms with Crippen LogP contribution in [-0.2, 0) is 0 Å². The van der Waals surface area contributed by atoms with Crippen molar-refractivity contribution in [2.75, 3.05) is 17.6 Å². The third-order valence-corrected chi connectivity index (χ3v) is 3.70. The molecule has 0 aliphatic carbocycles. The van der Waals surface area contributed by atoms with Crippen molar-refractivity contribution in [1.29, 1.82) is 0 Å². The molecule has 0 atom stereocenters. The van der Waals surface area contributed by atoms with Crippen LogP contribution in [-0.4, -0.2) is 16.5 Å². The first-order valence-corrected chi connectivity index (χ1v) is 7.60. The van der Waals surface area contributed by atoms with Crippen molar-refractivity contribution in [2.24, 2.45) is 0 Å². The molecule has 1 heterocycles. The SMILES string of the molecule is CCCNc1cc(Sc2cccc(Br)c2)nc(N)n1. The highest BCUT2D eigenvalue weighted by molar-refractivity contribution is 9.10. The molecule has 0 fully saturated rings. The third kappa shape index (κ3) is 4.40. The van der Waals surface area contributed by atoms with Gasteiger partial charge < -0.3 is 11.1 Å². The Kier molecular flexibility index (Phi) is 5.04. The van der Waals surface area contributed by atoms with E-state index in [1.54, 1.807) is 11.8 Å². The van der Waals surface area contributed by atoms with Crippen molar-refractivity contribution < 1.29 is 0 Å². The molecule has 1 aromatic carbocycles. The van der Waals surface area contributed by atoms with Gasteiger partial charge in [-0.2, -0.15) is 4.98 Å². The predicted molar refractivity (Wildman–Crippen MR) is 83.5 cm³/mol. The lowest BCUT2D eigenvalue weighted by atomic mass is 10.4. The van der Waals surface area contributed by atoms with E-state index in [9.17, 15) is 0 Å². The summed E-state index contributed by atoms with van der Waals surface area (Å²) in [4.78, 5) is 9.51. The summed E-state index contributed by atoms with van der Waals surface area (Å²) in [5.41, 5.74) is 5.73. The summed E-state index contributed by atoms with van der Waals surface area (Å²) in [5.74, 6) is 1.06. The molecule has 3 N–H and O–H groups in total. The van der Waals surface area contributed by atoms with Crippen LogP contribution in [0.25, 0.3) is 0 Å². The van der Waals surface area contributed by atoms with Crippen LogP contribution in [0.4, 0.5) is 11.8 Å². The Morgan fingerprint density at radius 3 is 2.89 bits per heavy atom. The quantitative estimate of drug-likeness (QED) is 0.812. The molecule has 0 saturated heterocycles. The maximum Gasteiger partial charge on any atom is 0.223 e. The molecule has 0 radical (unpaired) electrons.